The highest BCUT2D eigenvalue weighted by Crippen LogP contribution is 2.48. The molecule has 2 aliphatic rings. The van der Waals surface area contributed by atoms with E-state index >= 15 is 0 Å². The number of carbonyl (C=O) groups is 1. The van der Waals surface area contributed by atoms with Crippen LogP contribution in [-0.4, -0.2) is 58.4 Å². The maximum Gasteiger partial charge on any atom is 0.176 e. The zero-order valence-electron chi connectivity index (χ0n) is 16.2. The molecule has 28 heavy (non-hydrogen) atoms. The summed E-state index contributed by atoms with van der Waals surface area (Å²) in [4.78, 5) is 29.6. The lowest BCUT2D eigenvalue weighted by Crippen LogP contribution is -2.35. The number of Topliss-reactive ketones (excluding diaryl/α,β-unsaturated/α-hetero) is 1. The first-order valence-corrected chi connectivity index (χ1v) is 9.97. The van der Waals surface area contributed by atoms with E-state index in [4.69, 9.17) is 0 Å². The number of H-pyrrole nitrogens is 1. The molecule has 1 aliphatic heterocycles. The largest absolute Gasteiger partial charge is 0.354 e. The zero-order chi connectivity index (χ0) is 19.1. The molecule has 5 rings (SSSR count). The molecule has 0 atom stereocenters. The molecule has 2 aromatic heterocycles. The second-order valence-electron chi connectivity index (χ2n) is 8.36. The van der Waals surface area contributed by atoms with Crippen molar-refractivity contribution < 1.29 is 4.79 Å². The van der Waals surface area contributed by atoms with Gasteiger partial charge in [0.25, 0.3) is 0 Å². The van der Waals surface area contributed by atoms with E-state index in [2.05, 4.69) is 24.8 Å². The molecule has 1 N–H and O–H groups in total. The van der Waals surface area contributed by atoms with Gasteiger partial charge in [0.15, 0.2) is 5.78 Å². The van der Waals surface area contributed by atoms with Crippen LogP contribution in [-0.2, 0) is 0 Å². The van der Waals surface area contributed by atoms with Gasteiger partial charge in [-0.3, -0.25) is 9.69 Å². The van der Waals surface area contributed by atoms with Gasteiger partial charge in [0.1, 0.15) is 17.8 Å². The van der Waals surface area contributed by atoms with Gasteiger partial charge in [0, 0.05) is 43.4 Å². The summed E-state index contributed by atoms with van der Waals surface area (Å²) in [6.45, 7) is 6.27. The number of carbonyl (C=O) groups excluding carboxylic acids is 1. The van der Waals surface area contributed by atoms with Crippen molar-refractivity contribution in [2.45, 2.75) is 19.8 Å². The fourth-order valence-corrected chi connectivity index (χ4v) is 4.30. The fourth-order valence-electron chi connectivity index (χ4n) is 4.30. The maximum absolute atomic E-state index is 12.8. The average molecular weight is 375 g/mol. The first kappa shape index (κ1) is 17.4. The van der Waals surface area contributed by atoms with Gasteiger partial charge in [-0.1, -0.05) is 29.8 Å². The Bertz CT molecular complexity index is 1010. The van der Waals surface area contributed by atoms with Gasteiger partial charge in [0.05, 0.1) is 11.9 Å². The molecule has 0 bridgehead atoms. The van der Waals surface area contributed by atoms with E-state index in [1.807, 2.05) is 43.5 Å². The van der Waals surface area contributed by atoms with E-state index in [9.17, 15) is 4.79 Å². The molecule has 6 nitrogen and oxygen atoms in total. The molecule has 0 unspecified atom stereocenters. The van der Waals surface area contributed by atoms with Crippen molar-refractivity contribution >= 4 is 22.6 Å². The number of benzene rings is 1. The molecule has 3 heterocycles. The minimum Gasteiger partial charge on any atom is -0.354 e. The number of ketones is 1. The lowest BCUT2D eigenvalue weighted by atomic mass is 10.1. The van der Waals surface area contributed by atoms with Crippen LogP contribution in [0.3, 0.4) is 0 Å². The zero-order valence-corrected chi connectivity index (χ0v) is 16.2. The Kier molecular flexibility index (Phi) is 4.16. The Morgan fingerprint density at radius 2 is 1.93 bits per heavy atom. The maximum atomic E-state index is 12.8. The van der Waals surface area contributed by atoms with E-state index in [1.165, 1.54) is 18.4 Å². The Morgan fingerprint density at radius 3 is 2.71 bits per heavy atom. The van der Waals surface area contributed by atoms with E-state index in [-0.39, 0.29) is 11.2 Å². The quantitative estimate of drug-likeness (QED) is 0.710. The monoisotopic (exact) mass is 375 g/mol. The molecule has 1 saturated carbocycles. The molecular formula is C22H25N5O. The summed E-state index contributed by atoms with van der Waals surface area (Å²) in [6.07, 6.45) is 6.00. The number of fused-ring (bicyclic) bond motifs is 1. The van der Waals surface area contributed by atoms with Crippen LogP contribution < -0.4 is 4.90 Å². The van der Waals surface area contributed by atoms with Crippen LogP contribution in [0.1, 0.15) is 28.8 Å². The van der Waals surface area contributed by atoms with Crippen LogP contribution in [0.5, 0.6) is 0 Å². The molecule has 1 saturated heterocycles. The highest BCUT2D eigenvalue weighted by molar-refractivity contribution is 5.97. The minimum atomic E-state index is 0.208. The number of aromatic nitrogens is 3. The number of nitrogens with zero attached hydrogens (tertiary/aromatic N) is 4. The number of hydrogen-bond acceptors (Lipinski definition) is 5. The van der Waals surface area contributed by atoms with Crippen molar-refractivity contribution in [3.8, 4) is 0 Å². The summed E-state index contributed by atoms with van der Waals surface area (Å²) >= 11 is 0. The summed E-state index contributed by atoms with van der Waals surface area (Å²) in [5.74, 6) is 1.21. The van der Waals surface area contributed by atoms with E-state index in [0.717, 1.165) is 48.6 Å². The van der Waals surface area contributed by atoms with Gasteiger partial charge in [-0.05, 0) is 25.8 Å². The van der Waals surface area contributed by atoms with Crippen molar-refractivity contribution in [1.82, 2.24) is 19.9 Å². The van der Waals surface area contributed by atoms with E-state index < -0.39 is 0 Å². The van der Waals surface area contributed by atoms with Crippen molar-refractivity contribution in [1.29, 1.82) is 0 Å². The molecule has 2 fully saturated rings. The Hall–Kier alpha value is -2.73. The van der Waals surface area contributed by atoms with E-state index in [1.54, 1.807) is 6.33 Å². The third-order valence-corrected chi connectivity index (χ3v) is 6.10. The third-order valence-electron chi connectivity index (χ3n) is 6.10. The third kappa shape index (κ3) is 3.29. The summed E-state index contributed by atoms with van der Waals surface area (Å²) in [6, 6.07) is 9.96. The number of hydrogen-bond donors (Lipinski definition) is 1. The highest BCUT2D eigenvalue weighted by atomic mass is 16.1. The second kappa shape index (κ2) is 6.71. The molecule has 1 aliphatic carbocycles. The smallest absolute Gasteiger partial charge is 0.176 e. The lowest BCUT2D eigenvalue weighted by Gasteiger charge is -2.25. The second-order valence-corrected chi connectivity index (χ2v) is 8.36. The number of anilines is 1. The first-order valence-electron chi connectivity index (χ1n) is 9.97. The molecule has 6 heteroatoms. The highest BCUT2D eigenvalue weighted by Gasteiger charge is 2.47. The van der Waals surface area contributed by atoms with Crippen LogP contribution in [0.4, 0.5) is 5.82 Å². The normalized spacial score (nSPS) is 19.1. The van der Waals surface area contributed by atoms with Gasteiger partial charge >= 0.3 is 0 Å². The van der Waals surface area contributed by atoms with Crippen LogP contribution >= 0.6 is 0 Å². The summed E-state index contributed by atoms with van der Waals surface area (Å²) in [7, 11) is 0. The van der Waals surface area contributed by atoms with Gasteiger partial charge in [-0.2, -0.15) is 0 Å². The van der Waals surface area contributed by atoms with Crippen LogP contribution in [0.15, 0.2) is 42.9 Å². The Morgan fingerprint density at radius 1 is 1.11 bits per heavy atom. The fraction of sp³-hybridized carbons (Fsp3) is 0.409. The van der Waals surface area contributed by atoms with Crippen molar-refractivity contribution in [3.05, 3.63) is 54.0 Å². The van der Waals surface area contributed by atoms with Crippen molar-refractivity contribution in [2.24, 2.45) is 5.41 Å². The van der Waals surface area contributed by atoms with Gasteiger partial charge < -0.3 is 9.88 Å². The number of aryl methyl sites for hydroxylation is 1. The molecule has 1 spiro atoms. The van der Waals surface area contributed by atoms with Crippen molar-refractivity contribution in [2.75, 3.05) is 37.6 Å². The number of aromatic amines is 1. The van der Waals surface area contributed by atoms with E-state index in [0.29, 0.717) is 6.54 Å². The van der Waals surface area contributed by atoms with Gasteiger partial charge in [-0.15, -0.1) is 0 Å². The summed E-state index contributed by atoms with van der Waals surface area (Å²) < 4.78 is 0. The molecule has 1 aromatic carbocycles. The molecular weight excluding hydrogens is 350 g/mol. The average Bonchev–Trinajstić information content (AvgIpc) is 3.32. The number of nitrogens with one attached hydrogen (secondary N) is 1. The Balaban J connectivity index is 1.34. The van der Waals surface area contributed by atoms with Crippen LogP contribution in [0.25, 0.3) is 11.0 Å². The predicted molar refractivity (Wildman–Crippen MR) is 110 cm³/mol. The van der Waals surface area contributed by atoms with Gasteiger partial charge in [-0.25, -0.2) is 9.97 Å². The minimum absolute atomic E-state index is 0.208. The predicted octanol–water partition coefficient (Wildman–Crippen LogP) is 3.05. The Labute approximate surface area is 164 Å². The van der Waals surface area contributed by atoms with Gasteiger partial charge in [0.2, 0.25) is 0 Å². The molecule has 0 amide bonds. The molecule has 144 valence electrons. The van der Waals surface area contributed by atoms with Crippen LogP contribution in [0.2, 0.25) is 0 Å². The standard InChI is InChI=1S/C22H25N5O/c1-16-2-4-17(5-3-16)19(28)12-26-10-11-27(14-22(13-26)7-8-22)21-18-6-9-23-20(18)24-15-25-21/h2-6,9,15H,7-8,10-14H2,1H3,(H,23,24,25). The topological polar surface area (TPSA) is 65.1 Å². The lowest BCUT2D eigenvalue weighted by molar-refractivity contribution is 0.0924. The van der Waals surface area contributed by atoms with Crippen LogP contribution in [0, 0.1) is 12.3 Å². The summed E-state index contributed by atoms with van der Waals surface area (Å²) in [5.41, 5.74) is 3.16. The number of rotatable bonds is 4. The molecule has 0 radical (unpaired) electrons. The molecule has 3 aromatic rings. The first-order chi connectivity index (χ1) is 13.6. The summed E-state index contributed by atoms with van der Waals surface area (Å²) in [5, 5.41) is 1.07. The van der Waals surface area contributed by atoms with Crippen molar-refractivity contribution in [3.63, 3.8) is 0 Å². The SMILES string of the molecule is Cc1ccc(C(=O)CN2CCN(c3ncnc4[nH]ccc34)CC3(CC3)C2)cc1.